The van der Waals surface area contributed by atoms with Crippen molar-refractivity contribution in [1.82, 2.24) is 15.1 Å². The van der Waals surface area contributed by atoms with Crippen LogP contribution in [-0.2, 0) is 17.5 Å². The van der Waals surface area contributed by atoms with Crippen molar-refractivity contribution in [2.75, 3.05) is 18.0 Å². The van der Waals surface area contributed by atoms with E-state index in [0.717, 1.165) is 18.0 Å². The van der Waals surface area contributed by atoms with Crippen molar-refractivity contribution in [2.45, 2.75) is 19.6 Å². The number of alkyl halides is 3. The van der Waals surface area contributed by atoms with Crippen LogP contribution in [0, 0.1) is 5.41 Å². The molecule has 0 bridgehead atoms. The van der Waals surface area contributed by atoms with Crippen molar-refractivity contribution in [3.05, 3.63) is 54.7 Å². The molecule has 26 heavy (non-hydrogen) atoms. The zero-order valence-electron chi connectivity index (χ0n) is 14.3. The summed E-state index contributed by atoms with van der Waals surface area (Å²) in [6.45, 7) is 6.95. The van der Waals surface area contributed by atoms with Gasteiger partial charge in [0.1, 0.15) is 5.82 Å². The topological polar surface area (TPSA) is 50.2 Å². The molecule has 1 N–H and O–H groups in total. The number of fused-ring (bicyclic) bond motifs is 1. The Kier molecular flexibility index (Phi) is 4.52. The first kappa shape index (κ1) is 18.0. The number of halogens is 3. The van der Waals surface area contributed by atoms with Crippen molar-refractivity contribution >= 4 is 17.4 Å². The number of amides is 1. The second kappa shape index (κ2) is 6.51. The van der Waals surface area contributed by atoms with Gasteiger partial charge >= 0.3 is 6.18 Å². The molecule has 0 radical (unpaired) electrons. The molecule has 1 amide bonds. The van der Waals surface area contributed by atoms with E-state index in [2.05, 4.69) is 17.0 Å². The first-order valence-corrected chi connectivity index (χ1v) is 8.09. The summed E-state index contributed by atoms with van der Waals surface area (Å²) in [5.74, 6) is 0.538. The number of carbonyl (C=O) groups is 1. The van der Waals surface area contributed by atoms with E-state index >= 15 is 0 Å². The molecular weight excluding hydrogens is 345 g/mol. The van der Waals surface area contributed by atoms with Crippen LogP contribution in [-0.4, -0.2) is 28.8 Å². The van der Waals surface area contributed by atoms with E-state index in [1.165, 1.54) is 18.2 Å². The lowest BCUT2D eigenvalue weighted by molar-refractivity contribution is -0.137. The summed E-state index contributed by atoms with van der Waals surface area (Å²) in [4.78, 5) is 13.4. The third kappa shape index (κ3) is 3.58. The number of aromatic nitrogens is 2. The van der Waals surface area contributed by atoms with Crippen LogP contribution in [0.2, 0.25) is 0 Å². The Morgan fingerprint density at radius 1 is 1.31 bits per heavy atom. The molecule has 1 aliphatic rings. The molecule has 0 spiro atoms. The van der Waals surface area contributed by atoms with Crippen molar-refractivity contribution in [1.29, 1.82) is 0 Å². The number of benzene rings is 1. The van der Waals surface area contributed by atoms with Crippen LogP contribution in [0.4, 0.5) is 24.7 Å². The van der Waals surface area contributed by atoms with Gasteiger partial charge in [-0.05, 0) is 30.3 Å². The van der Waals surface area contributed by atoms with Crippen LogP contribution in [0.5, 0.6) is 0 Å². The fourth-order valence-electron chi connectivity index (χ4n) is 3.09. The molecule has 1 aromatic heterocycles. The quantitative estimate of drug-likeness (QED) is 0.847. The highest BCUT2D eigenvalue weighted by Crippen LogP contribution is 2.37. The molecule has 1 unspecified atom stereocenters. The first-order chi connectivity index (χ1) is 12.2. The predicted molar refractivity (Wildman–Crippen MR) is 92.0 cm³/mol. The number of hydrogen-bond donors (Lipinski definition) is 1. The maximum Gasteiger partial charge on any atom is 0.416 e. The lowest BCUT2D eigenvalue weighted by atomic mass is 9.87. The molecule has 1 atom stereocenters. The fourth-order valence-corrected chi connectivity index (χ4v) is 3.09. The number of nitrogens with zero attached hydrogens (tertiary/aromatic N) is 3. The Bertz CT molecular complexity index is 813. The van der Waals surface area contributed by atoms with Crippen LogP contribution in [0.3, 0.4) is 0 Å². The van der Waals surface area contributed by atoms with Gasteiger partial charge < -0.3 is 10.2 Å². The third-order valence-corrected chi connectivity index (χ3v) is 4.42. The number of carbonyl (C=O) groups excluding carboxylic acids is 1. The van der Waals surface area contributed by atoms with Gasteiger partial charge in [-0.1, -0.05) is 13.5 Å². The highest BCUT2D eigenvalue weighted by molar-refractivity contribution is 5.86. The Hall–Kier alpha value is -2.77. The summed E-state index contributed by atoms with van der Waals surface area (Å²) in [6.07, 6.45) is -1.51. The maximum atomic E-state index is 12.8. The Labute approximate surface area is 149 Å². The summed E-state index contributed by atoms with van der Waals surface area (Å²) in [6, 6.07) is 6.87. The molecule has 0 saturated heterocycles. The van der Waals surface area contributed by atoms with Gasteiger partial charge in [0.25, 0.3) is 0 Å². The minimum absolute atomic E-state index is 0.265. The van der Waals surface area contributed by atoms with Crippen LogP contribution in [0.15, 0.2) is 49.2 Å². The Balaban J connectivity index is 1.89. The number of hydrogen-bond acceptors (Lipinski definition) is 3. The van der Waals surface area contributed by atoms with Gasteiger partial charge in [-0.2, -0.15) is 18.3 Å². The average molecular weight is 364 g/mol. The lowest BCUT2D eigenvalue weighted by Gasteiger charge is -2.41. The monoisotopic (exact) mass is 364 g/mol. The van der Waals surface area contributed by atoms with Gasteiger partial charge in [-0.25, -0.2) is 4.68 Å². The Morgan fingerprint density at radius 3 is 2.62 bits per heavy atom. The van der Waals surface area contributed by atoms with Gasteiger partial charge in [0.15, 0.2) is 0 Å². The van der Waals surface area contributed by atoms with E-state index in [0.29, 0.717) is 25.3 Å². The minimum Gasteiger partial charge on any atom is -0.352 e. The second-order valence-corrected chi connectivity index (χ2v) is 6.71. The van der Waals surface area contributed by atoms with Gasteiger partial charge in [0.05, 0.1) is 18.3 Å². The molecule has 0 fully saturated rings. The van der Waals surface area contributed by atoms with Gasteiger partial charge in [-0.15, -0.1) is 0 Å². The summed E-state index contributed by atoms with van der Waals surface area (Å²) >= 11 is 0. The molecule has 5 nitrogen and oxygen atoms in total. The van der Waals surface area contributed by atoms with E-state index < -0.39 is 11.7 Å². The highest BCUT2D eigenvalue weighted by Gasteiger charge is 2.36. The van der Waals surface area contributed by atoms with Crippen LogP contribution in [0.1, 0.15) is 12.5 Å². The SMILES string of the molecule is C=CC(=O)NCC1(C)CN(c2ccc(C(F)(F)F)cc2)c2ccnn2C1. The average Bonchev–Trinajstić information content (AvgIpc) is 3.06. The van der Waals surface area contributed by atoms with E-state index in [1.807, 2.05) is 17.9 Å². The predicted octanol–water partition coefficient (Wildman–Crippen LogP) is 3.36. The molecule has 8 heteroatoms. The fraction of sp³-hybridized carbons (Fsp3) is 0.333. The summed E-state index contributed by atoms with van der Waals surface area (Å²) in [5, 5.41) is 7.09. The summed E-state index contributed by atoms with van der Waals surface area (Å²) in [5.41, 5.74) is -0.395. The van der Waals surface area contributed by atoms with Gasteiger partial charge in [0, 0.05) is 30.3 Å². The lowest BCUT2D eigenvalue weighted by Crippen LogP contribution is -2.48. The molecule has 0 saturated carbocycles. The molecule has 1 aromatic carbocycles. The zero-order chi connectivity index (χ0) is 18.9. The molecular formula is C18H19F3N4O. The largest absolute Gasteiger partial charge is 0.416 e. The van der Waals surface area contributed by atoms with E-state index in [1.54, 1.807) is 10.9 Å². The first-order valence-electron chi connectivity index (χ1n) is 8.09. The number of nitrogens with one attached hydrogen (secondary N) is 1. The normalized spacial score (nSPS) is 19.8. The van der Waals surface area contributed by atoms with Crippen molar-refractivity contribution in [3.63, 3.8) is 0 Å². The summed E-state index contributed by atoms with van der Waals surface area (Å²) in [7, 11) is 0. The molecule has 3 rings (SSSR count). The minimum atomic E-state index is -4.37. The van der Waals surface area contributed by atoms with Crippen molar-refractivity contribution in [2.24, 2.45) is 5.41 Å². The number of rotatable bonds is 4. The van der Waals surface area contributed by atoms with Gasteiger partial charge in [-0.3, -0.25) is 4.79 Å². The standard InChI is InChI=1S/C18H19F3N4O/c1-3-15(26)22-10-17(2)11-24(16-8-9-23-25(16)12-17)14-6-4-13(5-7-14)18(19,20)21/h3-9H,1,10-12H2,2H3,(H,22,26). The molecule has 2 heterocycles. The van der Waals surface area contributed by atoms with Gasteiger partial charge in [0.2, 0.25) is 5.91 Å². The molecule has 138 valence electrons. The summed E-state index contributed by atoms with van der Waals surface area (Å²) < 4.78 is 40.2. The van der Waals surface area contributed by atoms with Crippen LogP contribution in [0.25, 0.3) is 0 Å². The highest BCUT2D eigenvalue weighted by atomic mass is 19.4. The van der Waals surface area contributed by atoms with Crippen molar-refractivity contribution < 1.29 is 18.0 Å². The smallest absolute Gasteiger partial charge is 0.352 e. The van der Waals surface area contributed by atoms with E-state index in [4.69, 9.17) is 0 Å². The van der Waals surface area contributed by atoms with Crippen LogP contribution >= 0.6 is 0 Å². The van der Waals surface area contributed by atoms with E-state index in [9.17, 15) is 18.0 Å². The zero-order valence-corrected chi connectivity index (χ0v) is 14.3. The second-order valence-electron chi connectivity index (χ2n) is 6.71. The third-order valence-electron chi connectivity index (χ3n) is 4.42. The molecule has 1 aliphatic heterocycles. The van der Waals surface area contributed by atoms with E-state index in [-0.39, 0.29) is 11.3 Å². The molecule has 2 aromatic rings. The van der Waals surface area contributed by atoms with Crippen molar-refractivity contribution in [3.8, 4) is 0 Å². The van der Waals surface area contributed by atoms with Crippen LogP contribution < -0.4 is 10.2 Å². The molecule has 0 aliphatic carbocycles. The Morgan fingerprint density at radius 2 is 2.00 bits per heavy atom. The maximum absolute atomic E-state index is 12.8. The number of anilines is 2.